The van der Waals surface area contributed by atoms with E-state index in [-0.39, 0.29) is 18.4 Å². The van der Waals surface area contributed by atoms with Crippen molar-refractivity contribution in [1.82, 2.24) is 20.3 Å². The van der Waals surface area contributed by atoms with Crippen LogP contribution in [-0.4, -0.2) is 60.2 Å². The molecule has 0 spiro atoms. The minimum atomic E-state index is -0.319. The Bertz CT molecular complexity index is 1240. The van der Waals surface area contributed by atoms with Crippen LogP contribution in [-0.2, 0) is 10.5 Å². The number of ether oxygens (including phenoxy) is 2. The Morgan fingerprint density at radius 1 is 1.00 bits per heavy atom. The summed E-state index contributed by atoms with van der Waals surface area (Å²) in [5.74, 6) is 1.18. The summed E-state index contributed by atoms with van der Waals surface area (Å²) in [7, 11) is 3.33. The van der Waals surface area contributed by atoms with Crippen molar-refractivity contribution in [3.05, 3.63) is 76.6 Å². The van der Waals surface area contributed by atoms with Gasteiger partial charge in [-0.15, -0.1) is 0 Å². The Morgan fingerprint density at radius 3 is 2.35 bits per heavy atom. The first-order chi connectivity index (χ1) is 17.7. The topological polar surface area (TPSA) is 106 Å². The van der Waals surface area contributed by atoms with Crippen LogP contribution in [0.3, 0.4) is 0 Å². The molecular weight excluding hydrogens is 490 g/mol. The second-order valence-corrected chi connectivity index (χ2v) is 9.28. The van der Waals surface area contributed by atoms with Crippen molar-refractivity contribution in [1.29, 1.82) is 0 Å². The number of hydrazone groups is 1. The predicted octanol–water partition coefficient (Wildman–Crippen LogP) is 4.02. The molecule has 3 aromatic rings. The number of carbonyl (C=O) groups excluding carboxylic acids is 2. The largest absolute Gasteiger partial charge is 0.490 e. The van der Waals surface area contributed by atoms with Crippen molar-refractivity contribution >= 4 is 29.8 Å². The molecule has 0 bridgehead atoms. The maximum atomic E-state index is 12.5. The molecular formula is C27H31N5O4S. The van der Waals surface area contributed by atoms with E-state index in [1.54, 1.807) is 56.2 Å². The zero-order valence-corrected chi connectivity index (χ0v) is 22.5. The van der Waals surface area contributed by atoms with Crippen LogP contribution < -0.4 is 14.9 Å². The van der Waals surface area contributed by atoms with Gasteiger partial charge in [0.15, 0.2) is 23.3 Å². The van der Waals surface area contributed by atoms with E-state index in [2.05, 4.69) is 20.5 Å². The summed E-state index contributed by atoms with van der Waals surface area (Å²) in [6.45, 7) is 6.10. The minimum Gasteiger partial charge on any atom is -0.490 e. The molecule has 194 valence electrons. The maximum Gasteiger partial charge on any atom is 0.271 e. The number of carbonyl (C=O) groups is 2. The zero-order valence-electron chi connectivity index (χ0n) is 21.6. The summed E-state index contributed by atoms with van der Waals surface area (Å²) in [5, 5.41) is 4.80. The Kier molecular flexibility index (Phi) is 10.0. The van der Waals surface area contributed by atoms with Crippen molar-refractivity contribution < 1.29 is 19.1 Å². The average molecular weight is 522 g/mol. The van der Waals surface area contributed by atoms with E-state index in [1.807, 2.05) is 39.0 Å². The number of aromatic nitrogens is 2. The summed E-state index contributed by atoms with van der Waals surface area (Å²) < 4.78 is 11.2. The molecule has 0 atom stereocenters. The first-order valence-electron chi connectivity index (χ1n) is 11.7. The molecule has 0 fully saturated rings. The van der Waals surface area contributed by atoms with Gasteiger partial charge in [0.1, 0.15) is 0 Å². The third-order valence-corrected chi connectivity index (χ3v) is 5.96. The molecule has 1 N–H and O–H groups in total. The van der Waals surface area contributed by atoms with Gasteiger partial charge >= 0.3 is 0 Å². The van der Waals surface area contributed by atoms with Gasteiger partial charge in [0.2, 0.25) is 0 Å². The van der Waals surface area contributed by atoms with Gasteiger partial charge < -0.3 is 14.4 Å². The number of aryl methyl sites for hydroxylation is 2. The summed E-state index contributed by atoms with van der Waals surface area (Å²) in [4.78, 5) is 34.6. The molecule has 37 heavy (non-hydrogen) atoms. The molecule has 3 rings (SSSR count). The highest BCUT2D eigenvalue weighted by Crippen LogP contribution is 2.28. The average Bonchev–Trinajstić information content (AvgIpc) is 2.86. The lowest BCUT2D eigenvalue weighted by molar-refractivity contribution is -0.130. The molecule has 1 aromatic heterocycles. The van der Waals surface area contributed by atoms with Gasteiger partial charge in [-0.2, -0.15) is 5.10 Å². The first-order valence-corrected chi connectivity index (χ1v) is 12.7. The van der Waals surface area contributed by atoms with Crippen molar-refractivity contribution in [2.24, 2.45) is 5.10 Å². The second-order valence-electron chi connectivity index (χ2n) is 8.33. The van der Waals surface area contributed by atoms with Gasteiger partial charge in [0.25, 0.3) is 11.8 Å². The molecule has 2 amide bonds. The number of rotatable bonds is 11. The standard InChI is InChI=1S/C27H31N5O4S/c1-6-35-24-14-21(9-12-23(24)36-16-25(33)32(4)5)15-28-31-26(34)22-10-7-20(8-11-22)17-37-27-29-18(2)13-19(3)30-27/h7-15H,6,16-17H2,1-5H3,(H,31,34)/b28-15+. The van der Waals surface area contributed by atoms with Crippen LogP contribution >= 0.6 is 11.8 Å². The van der Waals surface area contributed by atoms with Crippen molar-refractivity contribution in [2.75, 3.05) is 27.3 Å². The fourth-order valence-electron chi connectivity index (χ4n) is 3.15. The number of nitrogens with zero attached hydrogens (tertiary/aromatic N) is 4. The fraction of sp³-hybridized carbons (Fsp3) is 0.296. The van der Waals surface area contributed by atoms with Crippen LogP contribution in [0.2, 0.25) is 0 Å². The van der Waals surface area contributed by atoms with Crippen LogP contribution in [0.4, 0.5) is 0 Å². The van der Waals surface area contributed by atoms with Crippen LogP contribution in [0.25, 0.3) is 0 Å². The highest BCUT2D eigenvalue weighted by atomic mass is 32.2. The number of amides is 2. The van der Waals surface area contributed by atoms with E-state index in [0.717, 1.165) is 22.1 Å². The Labute approximate surface area is 221 Å². The van der Waals surface area contributed by atoms with E-state index in [4.69, 9.17) is 9.47 Å². The van der Waals surface area contributed by atoms with Gasteiger partial charge in [-0.1, -0.05) is 23.9 Å². The van der Waals surface area contributed by atoms with Crippen molar-refractivity contribution in [2.45, 2.75) is 31.7 Å². The fourth-order valence-corrected chi connectivity index (χ4v) is 4.05. The molecule has 0 aliphatic carbocycles. The molecule has 0 aliphatic rings. The van der Waals surface area contributed by atoms with Crippen LogP contribution in [0.5, 0.6) is 11.5 Å². The summed E-state index contributed by atoms with van der Waals surface area (Å²) >= 11 is 1.55. The molecule has 9 nitrogen and oxygen atoms in total. The monoisotopic (exact) mass is 521 g/mol. The van der Waals surface area contributed by atoms with Crippen LogP contribution in [0.1, 0.15) is 39.8 Å². The zero-order chi connectivity index (χ0) is 26.8. The Morgan fingerprint density at radius 2 is 1.70 bits per heavy atom. The van der Waals surface area contributed by atoms with Gasteiger partial charge in [0.05, 0.1) is 12.8 Å². The molecule has 0 saturated heterocycles. The molecule has 1 heterocycles. The minimum absolute atomic E-state index is 0.0899. The number of nitrogens with one attached hydrogen (secondary N) is 1. The van der Waals surface area contributed by atoms with Gasteiger partial charge in [-0.05, 0) is 68.3 Å². The second kappa shape index (κ2) is 13.4. The van der Waals surface area contributed by atoms with Gasteiger partial charge in [0, 0.05) is 36.8 Å². The van der Waals surface area contributed by atoms with E-state index in [0.29, 0.717) is 35.0 Å². The van der Waals surface area contributed by atoms with E-state index < -0.39 is 0 Å². The normalized spacial score (nSPS) is 10.8. The summed E-state index contributed by atoms with van der Waals surface area (Å²) in [6.07, 6.45) is 1.52. The van der Waals surface area contributed by atoms with Crippen molar-refractivity contribution in [3.8, 4) is 11.5 Å². The van der Waals surface area contributed by atoms with E-state index >= 15 is 0 Å². The molecule has 0 unspecified atom stereocenters. The Balaban J connectivity index is 1.55. The molecule has 10 heteroatoms. The van der Waals surface area contributed by atoms with Gasteiger partial charge in [-0.3, -0.25) is 9.59 Å². The van der Waals surface area contributed by atoms with E-state index in [1.165, 1.54) is 11.1 Å². The summed E-state index contributed by atoms with van der Waals surface area (Å²) in [5.41, 5.74) is 6.69. The lowest BCUT2D eigenvalue weighted by Crippen LogP contribution is -2.27. The highest BCUT2D eigenvalue weighted by molar-refractivity contribution is 7.98. The number of hydrogen-bond acceptors (Lipinski definition) is 8. The number of thioether (sulfide) groups is 1. The van der Waals surface area contributed by atoms with Crippen molar-refractivity contribution in [3.63, 3.8) is 0 Å². The van der Waals surface area contributed by atoms with E-state index in [9.17, 15) is 9.59 Å². The quantitative estimate of drug-likeness (QED) is 0.176. The smallest absolute Gasteiger partial charge is 0.271 e. The molecule has 2 aromatic carbocycles. The Hall–Kier alpha value is -3.92. The lowest BCUT2D eigenvalue weighted by Gasteiger charge is -2.14. The lowest BCUT2D eigenvalue weighted by atomic mass is 10.1. The van der Waals surface area contributed by atoms with Crippen LogP contribution in [0.15, 0.2) is 58.8 Å². The molecule has 0 radical (unpaired) electrons. The first kappa shape index (κ1) is 27.7. The number of benzene rings is 2. The highest BCUT2D eigenvalue weighted by Gasteiger charge is 2.10. The number of hydrogen-bond donors (Lipinski definition) is 1. The number of likely N-dealkylation sites (N-methyl/N-ethyl adjacent to an activating group) is 1. The maximum absolute atomic E-state index is 12.5. The predicted molar refractivity (Wildman–Crippen MR) is 144 cm³/mol. The van der Waals surface area contributed by atoms with Gasteiger partial charge in [-0.25, -0.2) is 15.4 Å². The third kappa shape index (κ3) is 8.60. The third-order valence-electron chi connectivity index (χ3n) is 5.04. The summed E-state index contributed by atoms with van der Waals surface area (Å²) in [6, 6.07) is 14.5. The molecule has 0 saturated carbocycles. The van der Waals surface area contributed by atoms with Crippen LogP contribution in [0, 0.1) is 13.8 Å². The SMILES string of the molecule is CCOc1cc(/C=N/NC(=O)c2ccc(CSc3nc(C)cc(C)n3)cc2)ccc1OCC(=O)N(C)C. The molecule has 0 aliphatic heterocycles.